The van der Waals surface area contributed by atoms with Crippen LogP contribution in [0.4, 0.5) is 0 Å². The molecule has 6 nitrogen and oxygen atoms in total. The first-order valence-corrected chi connectivity index (χ1v) is 9.72. The van der Waals surface area contributed by atoms with Gasteiger partial charge in [0.05, 0.1) is 23.9 Å². The van der Waals surface area contributed by atoms with Gasteiger partial charge in [-0.1, -0.05) is 24.3 Å². The van der Waals surface area contributed by atoms with Gasteiger partial charge in [0.1, 0.15) is 12.3 Å². The van der Waals surface area contributed by atoms with Gasteiger partial charge in [-0.25, -0.2) is 5.43 Å². The first kappa shape index (κ1) is 19.4. The molecule has 0 aliphatic carbocycles. The van der Waals surface area contributed by atoms with Crippen molar-refractivity contribution in [3.8, 4) is 5.75 Å². The Bertz CT molecular complexity index is 1230. The second-order valence-corrected chi connectivity index (χ2v) is 6.74. The normalized spacial score (nSPS) is 11.2. The Morgan fingerprint density at radius 3 is 2.17 bits per heavy atom. The van der Waals surface area contributed by atoms with Gasteiger partial charge in [0.25, 0.3) is 5.91 Å². The standard InChI is InChI=1S/C24H21N3O3/c1-2-30-18-13-11-17(12-14-18)15-25-26-23(28)16-27-21-9-5-3-7-19(21)24(29)20-8-4-6-10-22(20)27/h3-15H,2,16H2,1H3,(H,26,28)/b25-15-. The Morgan fingerprint density at radius 2 is 1.57 bits per heavy atom. The van der Waals surface area contributed by atoms with Crippen LogP contribution >= 0.6 is 0 Å². The first-order chi connectivity index (χ1) is 14.7. The largest absolute Gasteiger partial charge is 0.494 e. The molecule has 0 saturated carbocycles. The summed E-state index contributed by atoms with van der Waals surface area (Å²) in [6, 6.07) is 22.0. The number of amides is 1. The fraction of sp³-hybridized carbons (Fsp3) is 0.125. The number of pyridine rings is 1. The van der Waals surface area contributed by atoms with E-state index in [0.29, 0.717) is 28.4 Å². The van der Waals surface area contributed by atoms with Crippen molar-refractivity contribution in [2.24, 2.45) is 5.10 Å². The zero-order valence-electron chi connectivity index (χ0n) is 16.5. The summed E-state index contributed by atoms with van der Waals surface area (Å²) in [6.45, 7) is 2.58. The summed E-state index contributed by atoms with van der Waals surface area (Å²) in [5, 5.41) is 5.22. The minimum Gasteiger partial charge on any atom is -0.494 e. The van der Waals surface area contributed by atoms with Crippen molar-refractivity contribution >= 4 is 33.9 Å². The van der Waals surface area contributed by atoms with Crippen LogP contribution in [0.3, 0.4) is 0 Å². The summed E-state index contributed by atoms with van der Waals surface area (Å²) in [5.41, 5.74) is 4.80. The van der Waals surface area contributed by atoms with Gasteiger partial charge in [-0.05, 0) is 61.0 Å². The van der Waals surface area contributed by atoms with Gasteiger partial charge in [0.2, 0.25) is 0 Å². The molecule has 1 N–H and O–H groups in total. The van der Waals surface area contributed by atoms with Crippen molar-refractivity contribution in [1.82, 2.24) is 9.99 Å². The number of rotatable bonds is 6. The van der Waals surface area contributed by atoms with E-state index in [1.165, 1.54) is 0 Å². The predicted molar refractivity (Wildman–Crippen MR) is 119 cm³/mol. The Hall–Kier alpha value is -3.93. The van der Waals surface area contributed by atoms with Crippen LogP contribution in [0.1, 0.15) is 12.5 Å². The van der Waals surface area contributed by atoms with Crippen LogP contribution < -0.4 is 15.6 Å². The Morgan fingerprint density at radius 1 is 0.967 bits per heavy atom. The molecule has 150 valence electrons. The fourth-order valence-electron chi connectivity index (χ4n) is 3.42. The zero-order valence-corrected chi connectivity index (χ0v) is 16.5. The number of hydrogen-bond donors (Lipinski definition) is 1. The third-order valence-electron chi connectivity index (χ3n) is 4.77. The van der Waals surface area contributed by atoms with E-state index < -0.39 is 0 Å². The Balaban J connectivity index is 1.57. The number of ether oxygens (including phenoxy) is 1. The number of benzene rings is 3. The molecule has 0 radical (unpaired) electrons. The average molecular weight is 399 g/mol. The molecule has 0 spiro atoms. The van der Waals surface area contributed by atoms with Crippen LogP contribution in [0.5, 0.6) is 5.75 Å². The van der Waals surface area contributed by atoms with Crippen LogP contribution in [-0.2, 0) is 11.3 Å². The summed E-state index contributed by atoms with van der Waals surface area (Å²) >= 11 is 0. The highest BCUT2D eigenvalue weighted by Crippen LogP contribution is 2.19. The maximum atomic E-state index is 12.8. The number of aromatic nitrogens is 1. The Kier molecular flexibility index (Phi) is 5.57. The molecule has 0 unspecified atom stereocenters. The van der Waals surface area contributed by atoms with E-state index in [-0.39, 0.29) is 17.9 Å². The number of fused-ring (bicyclic) bond motifs is 2. The summed E-state index contributed by atoms with van der Waals surface area (Å²) in [6.07, 6.45) is 1.58. The molecule has 0 fully saturated rings. The van der Waals surface area contributed by atoms with Crippen molar-refractivity contribution in [2.75, 3.05) is 6.61 Å². The first-order valence-electron chi connectivity index (χ1n) is 9.72. The lowest BCUT2D eigenvalue weighted by molar-refractivity contribution is -0.121. The smallest absolute Gasteiger partial charge is 0.260 e. The fourth-order valence-corrected chi connectivity index (χ4v) is 3.42. The Labute approximate surface area is 173 Å². The maximum Gasteiger partial charge on any atom is 0.260 e. The molecular formula is C24H21N3O3. The molecule has 0 aliphatic rings. The molecule has 1 aromatic heterocycles. The van der Waals surface area contributed by atoms with E-state index in [1.807, 2.05) is 72.2 Å². The minimum atomic E-state index is -0.281. The lowest BCUT2D eigenvalue weighted by Gasteiger charge is -2.14. The van der Waals surface area contributed by atoms with E-state index in [2.05, 4.69) is 10.5 Å². The number of carbonyl (C=O) groups excluding carboxylic acids is 1. The highest BCUT2D eigenvalue weighted by Gasteiger charge is 2.12. The third kappa shape index (κ3) is 3.93. The molecule has 1 heterocycles. The van der Waals surface area contributed by atoms with E-state index in [4.69, 9.17) is 4.74 Å². The molecule has 6 heteroatoms. The van der Waals surface area contributed by atoms with Crippen LogP contribution in [0.25, 0.3) is 21.8 Å². The maximum absolute atomic E-state index is 12.8. The van der Waals surface area contributed by atoms with Crippen molar-refractivity contribution in [1.29, 1.82) is 0 Å². The monoisotopic (exact) mass is 399 g/mol. The SMILES string of the molecule is CCOc1ccc(/C=N\NC(=O)Cn2c3ccccc3c(=O)c3ccccc32)cc1. The molecule has 4 rings (SSSR count). The zero-order chi connectivity index (χ0) is 20.9. The summed E-state index contributed by atoms with van der Waals surface area (Å²) in [4.78, 5) is 25.3. The number of para-hydroxylation sites is 2. The second kappa shape index (κ2) is 8.61. The van der Waals surface area contributed by atoms with E-state index in [0.717, 1.165) is 11.3 Å². The molecule has 3 aromatic carbocycles. The summed E-state index contributed by atoms with van der Waals surface area (Å²) < 4.78 is 7.25. The number of hydrazone groups is 1. The lowest BCUT2D eigenvalue weighted by Crippen LogP contribution is -2.25. The molecule has 0 atom stereocenters. The molecular weight excluding hydrogens is 378 g/mol. The topological polar surface area (TPSA) is 72.7 Å². The van der Waals surface area contributed by atoms with Crippen molar-refractivity contribution in [2.45, 2.75) is 13.5 Å². The number of hydrogen-bond acceptors (Lipinski definition) is 4. The van der Waals surface area contributed by atoms with Gasteiger partial charge in [0.15, 0.2) is 5.43 Å². The van der Waals surface area contributed by atoms with Crippen LogP contribution in [0.15, 0.2) is 82.7 Å². The molecule has 0 aliphatic heterocycles. The summed E-state index contributed by atoms with van der Waals surface area (Å²) in [7, 11) is 0. The van der Waals surface area contributed by atoms with Gasteiger partial charge in [-0.2, -0.15) is 5.10 Å². The van der Waals surface area contributed by atoms with E-state index in [1.54, 1.807) is 18.3 Å². The third-order valence-corrected chi connectivity index (χ3v) is 4.77. The van der Waals surface area contributed by atoms with Crippen molar-refractivity contribution < 1.29 is 9.53 Å². The molecule has 0 bridgehead atoms. The van der Waals surface area contributed by atoms with Crippen LogP contribution in [0.2, 0.25) is 0 Å². The molecule has 1 amide bonds. The van der Waals surface area contributed by atoms with Crippen LogP contribution in [0, 0.1) is 0 Å². The quantitative estimate of drug-likeness (QED) is 0.305. The molecule has 4 aromatic rings. The van der Waals surface area contributed by atoms with Gasteiger partial charge >= 0.3 is 0 Å². The molecule has 30 heavy (non-hydrogen) atoms. The van der Waals surface area contributed by atoms with Gasteiger partial charge in [-0.3, -0.25) is 9.59 Å². The number of carbonyl (C=O) groups is 1. The second-order valence-electron chi connectivity index (χ2n) is 6.74. The van der Waals surface area contributed by atoms with Gasteiger partial charge in [0, 0.05) is 10.8 Å². The highest BCUT2D eigenvalue weighted by molar-refractivity contribution is 5.95. The van der Waals surface area contributed by atoms with Crippen molar-refractivity contribution in [3.05, 3.63) is 88.6 Å². The predicted octanol–water partition coefficient (Wildman–Crippen LogP) is 3.70. The molecule has 0 saturated heterocycles. The van der Waals surface area contributed by atoms with Crippen molar-refractivity contribution in [3.63, 3.8) is 0 Å². The highest BCUT2D eigenvalue weighted by atomic mass is 16.5. The van der Waals surface area contributed by atoms with Gasteiger partial charge < -0.3 is 9.30 Å². The number of nitrogens with zero attached hydrogens (tertiary/aromatic N) is 2. The minimum absolute atomic E-state index is 0.0358. The summed E-state index contributed by atoms with van der Waals surface area (Å²) in [5.74, 6) is 0.506. The van der Waals surface area contributed by atoms with Crippen LogP contribution in [-0.4, -0.2) is 23.3 Å². The lowest BCUT2D eigenvalue weighted by atomic mass is 10.1. The van der Waals surface area contributed by atoms with E-state index in [9.17, 15) is 9.59 Å². The number of nitrogens with one attached hydrogen (secondary N) is 1. The van der Waals surface area contributed by atoms with Gasteiger partial charge in [-0.15, -0.1) is 0 Å². The van der Waals surface area contributed by atoms with E-state index >= 15 is 0 Å². The average Bonchev–Trinajstić information content (AvgIpc) is 2.78.